The van der Waals surface area contributed by atoms with E-state index < -0.39 is 19.2 Å². The number of carbonyl (C=O) groups excluding carboxylic acids is 1. The minimum atomic E-state index is -3.88. The summed E-state index contributed by atoms with van der Waals surface area (Å²) in [6, 6.07) is 8.03. The second-order valence-corrected chi connectivity index (χ2v) is 10.9. The first kappa shape index (κ1) is 20.0. The summed E-state index contributed by atoms with van der Waals surface area (Å²) < 4.78 is 28.8. The molecule has 1 aromatic rings. The van der Waals surface area contributed by atoms with Crippen molar-refractivity contribution in [3.05, 3.63) is 40.4 Å². The lowest BCUT2D eigenvalue weighted by molar-refractivity contribution is -0.116. The maximum atomic E-state index is 12.7. The molecule has 130 valence electrons. The number of nitrogens with zero attached hydrogens (tertiary/aromatic N) is 1. The van der Waals surface area contributed by atoms with Gasteiger partial charge in [-0.3, -0.25) is 4.79 Å². The average Bonchev–Trinajstić information content (AvgIpc) is 2.51. The summed E-state index contributed by atoms with van der Waals surface area (Å²) in [7, 11) is -3.88. The van der Waals surface area contributed by atoms with Gasteiger partial charge < -0.3 is 0 Å². The van der Waals surface area contributed by atoms with Crippen molar-refractivity contribution in [3.63, 3.8) is 0 Å². The number of rotatable bonds is 3. The predicted octanol–water partition coefficient (Wildman–Crippen LogP) is 4.62. The Morgan fingerprint density at radius 2 is 1.75 bits per heavy atom. The molecule has 0 heterocycles. The minimum absolute atomic E-state index is 0.0725. The molecule has 1 aliphatic rings. The Hall–Kier alpha value is -0.310. The summed E-state index contributed by atoms with van der Waals surface area (Å²) in [5.74, 6) is -0.221. The lowest BCUT2D eigenvalue weighted by Crippen LogP contribution is -2.48. The van der Waals surface area contributed by atoms with Gasteiger partial charge in [-0.15, -0.1) is 0 Å². The van der Waals surface area contributed by atoms with E-state index in [0.29, 0.717) is 15.8 Å². The van der Waals surface area contributed by atoms with Crippen LogP contribution in [-0.4, -0.2) is 29.1 Å². The minimum Gasteiger partial charge on any atom is -0.292 e. The Labute approximate surface area is 167 Å². The Kier molecular flexibility index (Phi) is 5.94. The molecule has 2 rings (SSSR count). The van der Waals surface area contributed by atoms with Crippen molar-refractivity contribution in [2.24, 2.45) is 10.3 Å². The summed E-state index contributed by atoms with van der Waals surface area (Å²) in [4.78, 5) is 12.1. The van der Waals surface area contributed by atoms with Crippen molar-refractivity contribution in [1.29, 1.82) is 0 Å². The monoisotopic (exact) mass is 539 g/mol. The van der Waals surface area contributed by atoms with Crippen LogP contribution < -0.4 is 0 Å². The van der Waals surface area contributed by atoms with Crippen LogP contribution in [0.1, 0.15) is 20.8 Å². The fraction of sp³-hybridized carbons (Fsp3) is 0.375. The van der Waals surface area contributed by atoms with E-state index in [1.54, 1.807) is 25.1 Å². The number of carbonyl (C=O) groups is 1. The first-order chi connectivity index (χ1) is 11.0. The van der Waals surface area contributed by atoms with E-state index in [0.717, 1.165) is 0 Å². The molecule has 2 atom stereocenters. The fourth-order valence-electron chi connectivity index (χ4n) is 2.38. The Morgan fingerprint density at radius 1 is 1.21 bits per heavy atom. The molecule has 0 bridgehead atoms. The van der Waals surface area contributed by atoms with Crippen LogP contribution in [-0.2, 0) is 14.8 Å². The van der Waals surface area contributed by atoms with E-state index in [1.165, 1.54) is 12.1 Å². The van der Waals surface area contributed by atoms with Gasteiger partial charge in [0, 0.05) is 0 Å². The quantitative estimate of drug-likeness (QED) is 0.525. The molecule has 8 heteroatoms. The molecule has 1 aliphatic carbocycles. The van der Waals surface area contributed by atoms with Gasteiger partial charge in [-0.25, -0.2) is 0 Å². The molecule has 0 aromatic heterocycles. The molecule has 0 spiro atoms. The summed E-state index contributed by atoms with van der Waals surface area (Å²) in [6.45, 7) is 5.48. The number of hydrogen-bond acceptors (Lipinski definition) is 3. The van der Waals surface area contributed by atoms with Gasteiger partial charge in [0.05, 0.1) is 19.9 Å². The highest BCUT2D eigenvalue weighted by Gasteiger charge is 2.48. The fourth-order valence-corrected chi connectivity index (χ4v) is 5.89. The molecule has 0 N–H and O–H groups in total. The zero-order valence-electron chi connectivity index (χ0n) is 13.3. The Morgan fingerprint density at radius 3 is 2.25 bits per heavy atom. The van der Waals surface area contributed by atoms with E-state index in [1.807, 2.05) is 13.8 Å². The first-order valence-electron chi connectivity index (χ1n) is 7.18. The van der Waals surface area contributed by atoms with Crippen molar-refractivity contribution >= 4 is 69.3 Å². The maximum absolute atomic E-state index is 12.7. The molecule has 0 aliphatic heterocycles. The largest absolute Gasteiger partial charge is 0.292 e. The van der Waals surface area contributed by atoms with Crippen LogP contribution in [0.15, 0.2) is 49.7 Å². The van der Waals surface area contributed by atoms with Crippen molar-refractivity contribution in [2.45, 2.75) is 34.8 Å². The predicted molar refractivity (Wildman–Crippen MR) is 107 cm³/mol. The van der Waals surface area contributed by atoms with Gasteiger partial charge in [-0.2, -0.15) is 12.8 Å². The van der Waals surface area contributed by atoms with Crippen LogP contribution in [0.4, 0.5) is 0 Å². The van der Waals surface area contributed by atoms with Crippen LogP contribution in [0.25, 0.3) is 0 Å². The van der Waals surface area contributed by atoms with Gasteiger partial charge in [-0.05, 0) is 46.5 Å². The number of sulfonamides is 1. The summed E-state index contributed by atoms with van der Waals surface area (Å²) in [5.41, 5.74) is 0.929. The Balaban J connectivity index is 2.72. The summed E-state index contributed by atoms with van der Waals surface area (Å²) in [6.07, 6.45) is 0. The highest BCUT2D eigenvalue weighted by atomic mass is 79.9. The lowest BCUT2D eigenvalue weighted by Gasteiger charge is -2.35. The molecular weight excluding hydrogens is 526 g/mol. The average molecular weight is 542 g/mol. The molecule has 0 saturated carbocycles. The highest BCUT2D eigenvalue weighted by Crippen LogP contribution is 2.43. The maximum Gasteiger partial charge on any atom is 0.282 e. The Bertz CT molecular complexity index is 827. The van der Waals surface area contributed by atoms with Gasteiger partial charge in [-0.1, -0.05) is 63.9 Å². The van der Waals surface area contributed by atoms with Gasteiger partial charge in [0.15, 0.2) is 5.78 Å². The van der Waals surface area contributed by atoms with Crippen LogP contribution in [0, 0.1) is 5.92 Å². The van der Waals surface area contributed by atoms with Crippen LogP contribution in [0.3, 0.4) is 0 Å². The molecule has 0 saturated heterocycles. The van der Waals surface area contributed by atoms with E-state index in [2.05, 4.69) is 52.2 Å². The third-order valence-corrected chi connectivity index (χ3v) is 8.58. The van der Waals surface area contributed by atoms with E-state index in [4.69, 9.17) is 0 Å². The van der Waals surface area contributed by atoms with Gasteiger partial charge in [0.25, 0.3) is 10.0 Å². The third kappa shape index (κ3) is 3.61. The van der Waals surface area contributed by atoms with Crippen LogP contribution in [0.5, 0.6) is 0 Å². The number of allylic oxidation sites excluding steroid dienone is 2. The number of Topliss-reactive ketones (excluding diaryl/α,β-unsaturated/α-hetero) is 1. The molecule has 0 radical (unpaired) electrons. The number of hydrogen-bond donors (Lipinski definition) is 0. The normalized spacial score (nSPS) is 27.2. The zero-order chi connectivity index (χ0) is 18.3. The van der Waals surface area contributed by atoms with Crippen molar-refractivity contribution < 1.29 is 13.2 Å². The topological polar surface area (TPSA) is 63.6 Å². The smallest absolute Gasteiger partial charge is 0.282 e. The molecule has 0 fully saturated rings. The number of alkyl halides is 2. The standard InChI is InChI=1S/C16H16Br3NO3S/c1-9(2)11-12(17)15(21)16(3,19)14(18)13(11)20-24(22,23)10-7-5-4-6-8-10/h4-9,14H,1-3H3. The van der Waals surface area contributed by atoms with Crippen LogP contribution in [0.2, 0.25) is 0 Å². The van der Waals surface area contributed by atoms with Gasteiger partial charge in [0.2, 0.25) is 0 Å². The number of ketones is 1. The van der Waals surface area contributed by atoms with Crippen LogP contribution >= 0.6 is 47.8 Å². The number of benzene rings is 1. The van der Waals surface area contributed by atoms with Crippen molar-refractivity contribution in [2.75, 3.05) is 0 Å². The van der Waals surface area contributed by atoms with Gasteiger partial charge >= 0.3 is 0 Å². The molecular formula is C16H16Br3NO3S. The lowest BCUT2D eigenvalue weighted by atomic mass is 9.83. The number of halogens is 3. The molecule has 24 heavy (non-hydrogen) atoms. The van der Waals surface area contributed by atoms with Crippen molar-refractivity contribution in [3.8, 4) is 0 Å². The van der Waals surface area contributed by atoms with E-state index in [-0.39, 0.29) is 16.6 Å². The second-order valence-electron chi connectivity index (χ2n) is 5.91. The SMILES string of the molecule is CC(C)C1=C(Br)C(=O)C(C)(Br)C(Br)C1=NS(=O)(=O)c1ccccc1. The first-order valence-corrected chi connectivity index (χ1v) is 11.1. The molecule has 2 unspecified atom stereocenters. The zero-order valence-corrected chi connectivity index (χ0v) is 18.8. The summed E-state index contributed by atoms with van der Waals surface area (Å²) >= 11 is 10.2. The third-order valence-electron chi connectivity index (χ3n) is 3.71. The molecule has 0 amide bonds. The van der Waals surface area contributed by atoms with Gasteiger partial charge in [0.1, 0.15) is 4.32 Å². The highest BCUT2D eigenvalue weighted by molar-refractivity contribution is 9.13. The summed E-state index contributed by atoms with van der Waals surface area (Å²) in [5, 5.41) is 0. The van der Waals surface area contributed by atoms with E-state index in [9.17, 15) is 13.2 Å². The second kappa shape index (κ2) is 7.13. The van der Waals surface area contributed by atoms with Crippen molar-refractivity contribution in [1.82, 2.24) is 0 Å². The van der Waals surface area contributed by atoms with E-state index >= 15 is 0 Å². The molecule has 4 nitrogen and oxygen atoms in total. The molecule has 1 aromatic carbocycles.